The number of rotatable bonds is 4. The summed E-state index contributed by atoms with van der Waals surface area (Å²) in [5.74, 6) is 2.72. The van der Waals surface area contributed by atoms with E-state index in [-0.39, 0.29) is 35.4 Å². The first-order chi connectivity index (χ1) is 14.1. The predicted octanol–water partition coefficient (Wildman–Crippen LogP) is 5.74. The van der Waals surface area contributed by atoms with E-state index in [4.69, 9.17) is 0 Å². The molecule has 0 radical (unpaired) electrons. The first-order valence-corrected chi connectivity index (χ1v) is 12.5. The summed E-state index contributed by atoms with van der Waals surface area (Å²) in [6.45, 7) is 13.8. The Hall–Kier alpha value is -1.09. The number of amides is 1. The molecule has 168 valence electrons. The second-order valence-corrected chi connectivity index (χ2v) is 11.8. The zero-order valence-electron chi connectivity index (χ0n) is 20.1. The fraction of sp³-hybridized carbons (Fsp3) is 0.815. The van der Waals surface area contributed by atoms with Crippen LogP contribution in [0.25, 0.3) is 0 Å². The van der Waals surface area contributed by atoms with Crippen LogP contribution in [0.3, 0.4) is 0 Å². The maximum absolute atomic E-state index is 13.7. The molecular weight excluding hydrogens is 370 g/mol. The third-order valence-electron chi connectivity index (χ3n) is 9.72. The van der Waals surface area contributed by atoms with Gasteiger partial charge in [0.05, 0.1) is 6.61 Å². The molecule has 2 fully saturated rings. The molecule has 2 saturated carbocycles. The van der Waals surface area contributed by atoms with Gasteiger partial charge in [0.1, 0.15) is 0 Å². The van der Waals surface area contributed by atoms with Crippen molar-refractivity contribution >= 4 is 5.91 Å². The van der Waals surface area contributed by atoms with Crippen molar-refractivity contribution in [1.29, 1.82) is 0 Å². The largest absolute Gasteiger partial charge is 0.392 e. The maximum Gasteiger partial charge on any atom is 0.226 e. The van der Waals surface area contributed by atoms with E-state index in [1.54, 1.807) is 0 Å². The van der Waals surface area contributed by atoms with Gasteiger partial charge in [0.15, 0.2) is 0 Å². The van der Waals surface area contributed by atoms with Crippen LogP contribution in [-0.4, -0.2) is 34.6 Å². The van der Waals surface area contributed by atoms with Crippen LogP contribution < -0.4 is 0 Å². The van der Waals surface area contributed by atoms with Crippen LogP contribution in [0.1, 0.15) is 86.5 Å². The molecular formula is C27H43NO2. The minimum Gasteiger partial charge on any atom is -0.392 e. The molecule has 4 aliphatic carbocycles. The molecule has 0 bridgehead atoms. The normalized spacial score (nSPS) is 40.4. The van der Waals surface area contributed by atoms with E-state index in [9.17, 15) is 9.90 Å². The summed E-state index contributed by atoms with van der Waals surface area (Å²) in [5, 5.41) is 9.63. The number of hydrogen-bond donors (Lipinski definition) is 1. The summed E-state index contributed by atoms with van der Waals surface area (Å²) in [7, 11) is 0. The minimum atomic E-state index is 0.156. The van der Waals surface area contributed by atoms with Gasteiger partial charge in [-0.3, -0.25) is 4.79 Å². The fourth-order valence-corrected chi connectivity index (χ4v) is 8.20. The Morgan fingerprint density at radius 1 is 1.10 bits per heavy atom. The Bertz CT molecular complexity index is 742. The Morgan fingerprint density at radius 3 is 2.43 bits per heavy atom. The zero-order valence-corrected chi connectivity index (χ0v) is 20.1. The van der Waals surface area contributed by atoms with Gasteiger partial charge in [-0.1, -0.05) is 26.0 Å². The number of hydrogen-bond acceptors (Lipinski definition) is 2. The van der Waals surface area contributed by atoms with Gasteiger partial charge in [0, 0.05) is 18.0 Å². The van der Waals surface area contributed by atoms with Crippen molar-refractivity contribution < 1.29 is 9.90 Å². The second kappa shape index (κ2) is 7.80. The fourth-order valence-electron chi connectivity index (χ4n) is 8.20. The number of nitrogens with zero attached hydrogens (tertiary/aromatic N) is 1. The molecule has 1 N–H and O–H groups in total. The number of carbonyl (C=O) groups excluding carboxylic acids is 1. The molecule has 4 aliphatic rings. The van der Waals surface area contributed by atoms with Gasteiger partial charge in [-0.25, -0.2) is 0 Å². The van der Waals surface area contributed by atoms with E-state index in [2.05, 4.69) is 58.6 Å². The maximum atomic E-state index is 13.7. The van der Waals surface area contributed by atoms with Crippen LogP contribution in [0.4, 0.5) is 0 Å². The van der Waals surface area contributed by atoms with Crippen molar-refractivity contribution in [2.75, 3.05) is 6.61 Å². The predicted molar refractivity (Wildman–Crippen MR) is 123 cm³/mol. The van der Waals surface area contributed by atoms with Crippen LogP contribution in [-0.2, 0) is 4.79 Å². The third-order valence-corrected chi connectivity index (χ3v) is 9.72. The summed E-state index contributed by atoms with van der Waals surface area (Å²) >= 11 is 0. The van der Waals surface area contributed by atoms with E-state index >= 15 is 0 Å². The smallest absolute Gasteiger partial charge is 0.226 e. The van der Waals surface area contributed by atoms with Crippen LogP contribution in [0, 0.1) is 34.5 Å². The first-order valence-electron chi connectivity index (χ1n) is 12.5. The van der Waals surface area contributed by atoms with Gasteiger partial charge in [-0.05, 0) is 112 Å². The minimum absolute atomic E-state index is 0.156. The van der Waals surface area contributed by atoms with Gasteiger partial charge >= 0.3 is 0 Å². The monoisotopic (exact) mass is 413 g/mol. The van der Waals surface area contributed by atoms with Crippen molar-refractivity contribution in [3.8, 4) is 0 Å². The lowest BCUT2D eigenvalue weighted by atomic mass is 9.48. The summed E-state index contributed by atoms with van der Waals surface area (Å²) in [5.41, 5.74) is 3.10. The second-order valence-electron chi connectivity index (χ2n) is 11.8. The Labute approximate surface area is 184 Å². The molecule has 0 heterocycles. The van der Waals surface area contributed by atoms with Gasteiger partial charge in [-0.2, -0.15) is 0 Å². The molecule has 3 nitrogen and oxygen atoms in total. The van der Waals surface area contributed by atoms with Gasteiger partial charge < -0.3 is 10.0 Å². The summed E-state index contributed by atoms with van der Waals surface area (Å²) in [6, 6.07) is 0.538. The SMILES string of the molecule is CC(C)N(C(=O)[C@H]1CCC2C3CC=C4C=C(CO)CC[C@]4(C)C3CC[C@@]21C)C(C)C. The van der Waals surface area contributed by atoms with Crippen molar-refractivity contribution in [3.05, 3.63) is 23.3 Å². The molecule has 0 saturated heterocycles. The average Bonchev–Trinajstić information content (AvgIpc) is 3.04. The Morgan fingerprint density at radius 2 is 1.80 bits per heavy atom. The van der Waals surface area contributed by atoms with Crippen LogP contribution >= 0.6 is 0 Å². The molecule has 0 aromatic rings. The molecule has 0 spiro atoms. The molecule has 6 atom stereocenters. The first kappa shape index (κ1) is 22.1. The highest BCUT2D eigenvalue weighted by atomic mass is 16.3. The topological polar surface area (TPSA) is 40.5 Å². The van der Waals surface area contributed by atoms with Crippen molar-refractivity contribution in [1.82, 2.24) is 4.90 Å². The molecule has 3 unspecified atom stereocenters. The van der Waals surface area contributed by atoms with E-state index in [1.165, 1.54) is 36.8 Å². The van der Waals surface area contributed by atoms with E-state index in [0.29, 0.717) is 17.7 Å². The third kappa shape index (κ3) is 3.22. The van der Waals surface area contributed by atoms with E-state index < -0.39 is 0 Å². The van der Waals surface area contributed by atoms with Gasteiger partial charge in [0.25, 0.3) is 0 Å². The van der Waals surface area contributed by atoms with E-state index in [0.717, 1.165) is 25.2 Å². The van der Waals surface area contributed by atoms with Gasteiger partial charge in [-0.15, -0.1) is 0 Å². The van der Waals surface area contributed by atoms with Crippen LogP contribution in [0.5, 0.6) is 0 Å². The highest BCUT2D eigenvalue weighted by molar-refractivity contribution is 5.80. The van der Waals surface area contributed by atoms with Crippen LogP contribution in [0.2, 0.25) is 0 Å². The summed E-state index contributed by atoms with van der Waals surface area (Å²) in [4.78, 5) is 15.8. The number of allylic oxidation sites excluding steroid dienone is 3. The molecule has 0 aromatic carbocycles. The Balaban J connectivity index is 1.61. The highest BCUT2D eigenvalue weighted by Crippen LogP contribution is 2.66. The number of carbonyl (C=O) groups is 1. The number of fused-ring (bicyclic) bond motifs is 5. The van der Waals surface area contributed by atoms with E-state index in [1.807, 2.05) is 0 Å². The molecule has 3 heteroatoms. The molecule has 1 amide bonds. The zero-order chi connectivity index (χ0) is 21.8. The van der Waals surface area contributed by atoms with Crippen molar-refractivity contribution in [3.63, 3.8) is 0 Å². The van der Waals surface area contributed by atoms with Crippen molar-refractivity contribution in [2.24, 2.45) is 34.5 Å². The van der Waals surface area contributed by atoms with Crippen molar-refractivity contribution in [2.45, 2.75) is 98.6 Å². The lowest BCUT2D eigenvalue weighted by molar-refractivity contribution is -0.146. The number of aliphatic hydroxyl groups excluding tert-OH is 1. The number of aliphatic hydroxyl groups is 1. The lowest BCUT2D eigenvalue weighted by Crippen LogP contribution is -2.53. The van der Waals surface area contributed by atoms with Crippen LogP contribution in [0.15, 0.2) is 23.3 Å². The summed E-state index contributed by atoms with van der Waals surface area (Å²) in [6.07, 6.45) is 12.9. The molecule has 0 aromatic heterocycles. The average molecular weight is 414 g/mol. The molecule has 4 rings (SSSR count). The Kier molecular flexibility index (Phi) is 5.75. The highest BCUT2D eigenvalue weighted by Gasteiger charge is 2.60. The lowest BCUT2D eigenvalue weighted by Gasteiger charge is -2.57. The summed E-state index contributed by atoms with van der Waals surface area (Å²) < 4.78 is 0. The molecule has 0 aliphatic heterocycles. The molecule has 30 heavy (non-hydrogen) atoms. The standard InChI is InChI=1S/C27H43NO2/c1-17(2)28(18(3)4)25(30)24-10-9-22-21-8-7-20-15-19(16-29)11-13-26(20,5)23(21)12-14-27(22,24)6/h7,15,17-18,21-24,29H,8-14,16H2,1-6H3/t21?,22?,23?,24-,26+,27+/m1/s1. The quantitative estimate of drug-likeness (QED) is 0.638. The van der Waals surface area contributed by atoms with Gasteiger partial charge in [0.2, 0.25) is 5.91 Å².